The molecule has 1 N–H and O–H groups in total. The van der Waals surface area contributed by atoms with E-state index in [1.807, 2.05) is 0 Å². The van der Waals surface area contributed by atoms with Crippen LogP contribution in [0.25, 0.3) is 0 Å². The number of amides is 1. The molecule has 1 fully saturated rings. The van der Waals surface area contributed by atoms with Gasteiger partial charge in [-0.2, -0.15) is 0 Å². The van der Waals surface area contributed by atoms with E-state index in [-0.39, 0.29) is 18.6 Å². The molecular weight excluding hydrogens is 250 g/mol. The van der Waals surface area contributed by atoms with E-state index < -0.39 is 5.97 Å². The minimum Gasteiger partial charge on any atom is -0.480 e. The lowest BCUT2D eigenvalue weighted by molar-refractivity contribution is -0.145. The summed E-state index contributed by atoms with van der Waals surface area (Å²) in [6, 6.07) is 0. The zero-order valence-electron chi connectivity index (χ0n) is 10.4. The maximum absolute atomic E-state index is 12.1. The lowest BCUT2D eigenvalue weighted by atomic mass is 10.1. The van der Waals surface area contributed by atoms with Crippen LogP contribution in [0.15, 0.2) is 18.6 Å². The zero-order valence-corrected chi connectivity index (χ0v) is 10.4. The third kappa shape index (κ3) is 3.72. The Hall–Kier alpha value is -2.02. The van der Waals surface area contributed by atoms with Gasteiger partial charge in [0.1, 0.15) is 12.3 Å². The van der Waals surface area contributed by atoms with E-state index in [0.717, 1.165) is 0 Å². The van der Waals surface area contributed by atoms with E-state index in [1.165, 1.54) is 18.6 Å². The number of ether oxygens (including phenoxy) is 1. The fourth-order valence-electron chi connectivity index (χ4n) is 1.99. The third-order valence-corrected chi connectivity index (χ3v) is 2.95. The van der Waals surface area contributed by atoms with Crippen LogP contribution in [0, 0.1) is 0 Å². The first-order valence-electron chi connectivity index (χ1n) is 6.05. The molecule has 0 aromatic carbocycles. The maximum atomic E-state index is 12.1. The van der Waals surface area contributed by atoms with Gasteiger partial charge in [-0.1, -0.05) is 0 Å². The van der Waals surface area contributed by atoms with Gasteiger partial charge in [0.05, 0.1) is 12.3 Å². The van der Waals surface area contributed by atoms with Gasteiger partial charge in [-0.15, -0.1) is 0 Å². The number of carboxylic acids is 1. The number of likely N-dealkylation sites (tertiary alicyclic amines) is 1. The molecule has 1 aliphatic heterocycles. The Morgan fingerprint density at radius 1 is 1.37 bits per heavy atom. The molecule has 7 nitrogen and oxygen atoms in total. The number of nitrogens with zero attached hydrogens (tertiary/aromatic N) is 3. The van der Waals surface area contributed by atoms with E-state index in [1.54, 1.807) is 4.90 Å². The van der Waals surface area contributed by atoms with Crippen LogP contribution in [0.2, 0.25) is 0 Å². The summed E-state index contributed by atoms with van der Waals surface area (Å²) in [6.45, 7) is 0.794. The van der Waals surface area contributed by atoms with Gasteiger partial charge in [0.15, 0.2) is 0 Å². The molecule has 1 saturated heterocycles. The Kier molecular flexibility index (Phi) is 4.40. The molecule has 19 heavy (non-hydrogen) atoms. The molecule has 7 heteroatoms. The normalized spacial score (nSPS) is 16.3. The second-order valence-electron chi connectivity index (χ2n) is 4.29. The van der Waals surface area contributed by atoms with Crippen LogP contribution in [-0.2, 0) is 9.53 Å². The van der Waals surface area contributed by atoms with Crippen molar-refractivity contribution in [1.82, 2.24) is 14.9 Å². The van der Waals surface area contributed by atoms with Gasteiger partial charge >= 0.3 is 5.97 Å². The SMILES string of the molecule is O=C(O)COC1CCN(C(=O)c2cnccn2)CC1. The van der Waals surface area contributed by atoms with Crippen molar-refractivity contribution >= 4 is 11.9 Å². The molecule has 0 unspecified atom stereocenters. The second kappa shape index (κ2) is 6.24. The summed E-state index contributed by atoms with van der Waals surface area (Å²) < 4.78 is 5.21. The van der Waals surface area contributed by atoms with Crippen molar-refractivity contribution in [1.29, 1.82) is 0 Å². The smallest absolute Gasteiger partial charge is 0.329 e. The highest BCUT2D eigenvalue weighted by molar-refractivity contribution is 5.92. The van der Waals surface area contributed by atoms with Crippen LogP contribution in [0.3, 0.4) is 0 Å². The molecule has 0 atom stereocenters. The molecule has 0 radical (unpaired) electrons. The largest absolute Gasteiger partial charge is 0.480 e. The quantitative estimate of drug-likeness (QED) is 0.835. The number of aliphatic carboxylic acids is 1. The molecule has 0 aliphatic carbocycles. The summed E-state index contributed by atoms with van der Waals surface area (Å²) in [7, 11) is 0. The molecule has 2 rings (SSSR count). The average Bonchev–Trinajstić information content (AvgIpc) is 2.46. The molecule has 1 amide bonds. The number of carbonyl (C=O) groups is 2. The summed E-state index contributed by atoms with van der Waals surface area (Å²) in [5, 5.41) is 8.53. The topological polar surface area (TPSA) is 92.6 Å². The number of rotatable bonds is 4. The zero-order chi connectivity index (χ0) is 13.7. The van der Waals surface area contributed by atoms with Crippen LogP contribution in [0.5, 0.6) is 0 Å². The van der Waals surface area contributed by atoms with Crippen molar-refractivity contribution in [2.45, 2.75) is 18.9 Å². The van der Waals surface area contributed by atoms with Gasteiger partial charge in [0.25, 0.3) is 5.91 Å². The maximum Gasteiger partial charge on any atom is 0.329 e. The fourth-order valence-corrected chi connectivity index (χ4v) is 1.99. The van der Waals surface area contributed by atoms with Crippen LogP contribution >= 0.6 is 0 Å². The van der Waals surface area contributed by atoms with Gasteiger partial charge in [-0.25, -0.2) is 9.78 Å². The van der Waals surface area contributed by atoms with E-state index in [2.05, 4.69) is 9.97 Å². The van der Waals surface area contributed by atoms with Gasteiger partial charge < -0.3 is 14.7 Å². The predicted molar refractivity (Wildman–Crippen MR) is 64.5 cm³/mol. The molecule has 1 aromatic heterocycles. The Morgan fingerprint density at radius 3 is 2.68 bits per heavy atom. The van der Waals surface area contributed by atoms with E-state index in [0.29, 0.717) is 31.6 Å². The number of hydrogen-bond donors (Lipinski definition) is 1. The summed E-state index contributed by atoms with van der Waals surface area (Å²) in [6.07, 6.45) is 5.62. The Labute approximate surface area is 110 Å². The highest BCUT2D eigenvalue weighted by atomic mass is 16.5. The number of carboxylic acid groups (broad SMARTS) is 1. The number of hydrogen-bond acceptors (Lipinski definition) is 5. The number of piperidine rings is 1. The molecular formula is C12H15N3O4. The first-order valence-corrected chi connectivity index (χ1v) is 6.05. The summed E-state index contributed by atoms with van der Waals surface area (Å²) in [5.41, 5.74) is 0.326. The molecule has 0 saturated carbocycles. The Bertz CT molecular complexity index is 444. The van der Waals surface area contributed by atoms with E-state index in [4.69, 9.17) is 9.84 Å². The monoisotopic (exact) mass is 265 g/mol. The van der Waals surface area contributed by atoms with Crippen molar-refractivity contribution < 1.29 is 19.4 Å². The van der Waals surface area contributed by atoms with Crippen LogP contribution in [-0.4, -0.2) is 57.7 Å². The molecule has 1 aliphatic rings. The second-order valence-corrected chi connectivity index (χ2v) is 4.29. The van der Waals surface area contributed by atoms with Crippen molar-refractivity contribution in [3.05, 3.63) is 24.3 Å². The highest BCUT2D eigenvalue weighted by Crippen LogP contribution is 2.15. The predicted octanol–water partition coefficient (Wildman–Crippen LogP) is 0.182. The average molecular weight is 265 g/mol. The molecule has 102 valence electrons. The summed E-state index contributed by atoms with van der Waals surface area (Å²) >= 11 is 0. The standard InChI is InChI=1S/C12H15N3O4/c16-11(17)8-19-9-1-5-15(6-2-9)12(18)10-7-13-3-4-14-10/h3-4,7,9H,1-2,5-6,8H2,(H,16,17). The first-order chi connectivity index (χ1) is 9.16. The third-order valence-electron chi connectivity index (χ3n) is 2.95. The van der Waals surface area contributed by atoms with E-state index in [9.17, 15) is 9.59 Å². The van der Waals surface area contributed by atoms with Gasteiger partial charge in [0, 0.05) is 25.5 Å². The fraction of sp³-hybridized carbons (Fsp3) is 0.500. The van der Waals surface area contributed by atoms with Crippen LogP contribution < -0.4 is 0 Å². The van der Waals surface area contributed by atoms with Crippen LogP contribution in [0.4, 0.5) is 0 Å². The molecule has 0 bridgehead atoms. The molecule has 0 spiro atoms. The lowest BCUT2D eigenvalue weighted by Crippen LogP contribution is -2.41. The van der Waals surface area contributed by atoms with Crippen molar-refractivity contribution in [2.24, 2.45) is 0 Å². The number of aromatic nitrogens is 2. The van der Waals surface area contributed by atoms with Crippen LogP contribution in [0.1, 0.15) is 23.3 Å². The molecule has 2 heterocycles. The summed E-state index contributed by atoms with van der Waals surface area (Å²) in [4.78, 5) is 32.0. The van der Waals surface area contributed by atoms with Gasteiger partial charge in [0.2, 0.25) is 0 Å². The highest BCUT2D eigenvalue weighted by Gasteiger charge is 2.25. The Morgan fingerprint density at radius 2 is 2.11 bits per heavy atom. The van der Waals surface area contributed by atoms with Crippen molar-refractivity contribution in [2.75, 3.05) is 19.7 Å². The first kappa shape index (κ1) is 13.4. The van der Waals surface area contributed by atoms with Crippen molar-refractivity contribution in [3.63, 3.8) is 0 Å². The van der Waals surface area contributed by atoms with E-state index >= 15 is 0 Å². The molecule has 1 aromatic rings. The minimum atomic E-state index is -0.974. The van der Waals surface area contributed by atoms with Crippen molar-refractivity contribution in [3.8, 4) is 0 Å². The van der Waals surface area contributed by atoms with Gasteiger partial charge in [-0.05, 0) is 12.8 Å². The Balaban J connectivity index is 1.83. The lowest BCUT2D eigenvalue weighted by Gasteiger charge is -2.31. The minimum absolute atomic E-state index is 0.0954. The number of carbonyl (C=O) groups excluding carboxylic acids is 1. The summed E-state index contributed by atoms with van der Waals surface area (Å²) in [5.74, 6) is -1.12. The van der Waals surface area contributed by atoms with Gasteiger partial charge in [-0.3, -0.25) is 9.78 Å².